The van der Waals surface area contributed by atoms with Crippen LogP contribution < -0.4 is 5.43 Å². The van der Waals surface area contributed by atoms with Crippen molar-refractivity contribution in [2.45, 2.75) is 13.8 Å². The zero-order valence-electron chi connectivity index (χ0n) is 17.1. The summed E-state index contributed by atoms with van der Waals surface area (Å²) in [4.78, 5) is 20.1. The Morgan fingerprint density at radius 1 is 0.793 bits per heavy atom. The molecular formula is C23H27N5O. The van der Waals surface area contributed by atoms with Crippen LogP contribution in [0.4, 0.5) is 0 Å². The second-order valence-electron chi connectivity index (χ2n) is 8.82. The Morgan fingerprint density at radius 2 is 1.24 bits per heavy atom. The number of benzene rings is 2. The zero-order chi connectivity index (χ0) is 20.0. The fourth-order valence-corrected chi connectivity index (χ4v) is 5.02. The van der Waals surface area contributed by atoms with E-state index in [1.54, 1.807) is 0 Å². The molecule has 0 saturated carbocycles. The van der Waals surface area contributed by atoms with Crippen molar-refractivity contribution < 1.29 is 4.79 Å². The molecule has 150 valence electrons. The molecule has 4 heterocycles. The molecule has 29 heavy (non-hydrogen) atoms. The summed E-state index contributed by atoms with van der Waals surface area (Å²) in [5, 5.41) is 4.75. The van der Waals surface area contributed by atoms with Gasteiger partial charge in [-0.25, -0.2) is 5.43 Å². The Balaban J connectivity index is 1.49. The summed E-state index contributed by atoms with van der Waals surface area (Å²) < 4.78 is 0. The normalized spacial score (nSPS) is 30.4. The van der Waals surface area contributed by atoms with Crippen LogP contribution >= 0.6 is 0 Å². The van der Waals surface area contributed by atoms with Crippen LogP contribution in [0.1, 0.15) is 27.0 Å². The highest BCUT2D eigenvalue weighted by Gasteiger charge is 2.51. The number of nitrogens with zero attached hydrogens (tertiary/aromatic N) is 4. The summed E-state index contributed by atoms with van der Waals surface area (Å²) >= 11 is 0. The third kappa shape index (κ3) is 3.48. The summed E-state index contributed by atoms with van der Waals surface area (Å²) in [5.41, 5.74) is 7.81. The van der Waals surface area contributed by atoms with Gasteiger partial charge in [-0.2, -0.15) is 5.10 Å². The van der Waals surface area contributed by atoms with Gasteiger partial charge in [0.25, 0.3) is 5.91 Å². The van der Waals surface area contributed by atoms with Crippen molar-refractivity contribution in [2.75, 3.05) is 39.6 Å². The van der Waals surface area contributed by atoms with E-state index in [0.29, 0.717) is 5.56 Å². The maximum Gasteiger partial charge on any atom is 0.271 e. The lowest BCUT2D eigenvalue weighted by Gasteiger charge is -2.60. The topological polar surface area (TPSA) is 51.2 Å². The third-order valence-electron chi connectivity index (χ3n) is 6.19. The van der Waals surface area contributed by atoms with E-state index in [1.807, 2.05) is 31.2 Å². The number of carbonyl (C=O) groups is 1. The molecule has 6 nitrogen and oxygen atoms in total. The Labute approximate surface area is 171 Å². The quantitative estimate of drug-likeness (QED) is 0.644. The number of carbonyl (C=O) groups excluding carboxylic acids is 1. The first-order valence-electron chi connectivity index (χ1n) is 10.2. The van der Waals surface area contributed by atoms with Gasteiger partial charge < -0.3 is 0 Å². The van der Waals surface area contributed by atoms with Crippen LogP contribution in [0.5, 0.6) is 0 Å². The van der Waals surface area contributed by atoms with Crippen molar-refractivity contribution in [3.63, 3.8) is 0 Å². The number of amides is 1. The lowest BCUT2D eigenvalue weighted by atomic mass is 9.74. The standard InChI is InChI=1S/C23H27N5O/c1-17-3-7-19(8-4-17)21(24-25-22(29)20-9-5-18(2)6-10-20)23-11-26-14-27(12-23)16-28(13-23)15-26/h3-10H,11-16H2,1-2H3,(H,25,29)/b24-21-. The Hall–Kier alpha value is -2.54. The predicted octanol–water partition coefficient (Wildman–Crippen LogP) is 2.24. The van der Waals surface area contributed by atoms with Crippen molar-refractivity contribution in [2.24, 2.45) is 10.5 Å². The molecular weight excluding hydrogens is 362 g/mol. The fraction of sp³-hybridized carbons (Fsp3) is 0.391. The monoisotopic (exact) mass is 389 g/mol. The molecule has 2 aromatic carbocycles. The van der Waals surface area contributed by atoms with Gasteiger partial charge in [-0.3, -0.25) is 19.5 Å². The van der Waals surface area contributed by atoms with Crippen LogP contribution in [0.15, 0.2) is 53.6 Å². The van der Waals surface area contributed by atoms with Crippen molar-refractivity contribution in [3.05, 3.63) is 70.8 Å². The molecule has 0 aromatic heterocycles. The Kier molecular flexibility index (Phi) is 4.50. The molecule has 2 aromatic rings. The van der Waals surface area contributed by atoms with Gasteiger partial charge in [0.15, 0.2) is 0 Å². The van der Waals surface area contributed by atoms with Crippen LogP contribution in [-0.2, 0) is 0 Å². The number of hydrazone groups is 1. The lowest BCUT2D eigenvalue weighted by Crippen LogP contribution is -2.74. The molecule has 4 fully saturated rings. The highest BCUT2D eigenvalue weighted by atomic mass is 16.2. The van der Waals surface area contributed by atoms with Gasteiger partial charge in [-0.05, 0) is 31.5 Å². The van der Waals surface area contributed by atoms with E-state index < -0.39 is 0 Å². The predicted molar refractivity (Wildman–Crippen MR) is 114 cm³/mol. The van der Waals surface area contributed by atoms with E-state index in [1.165, 1.54) is 5.56 Å². The molecule has 4 aliphatic rings. The molecule has 4 bridgehead atoms. The molecule has 0 atom stereocenters. The highest BCUT2D eigenvalue weighted by Crippen LogP contribution is 2.38. The molecule has 4 saturated heterocycles. The minimum absolute atomic E-state index is 0.0927. The summed E-state index contributed by atoms with van der Waals surface area (Å²) in [6, 6.07) is 16.1. The van der Waals surface area contributed by atoms with Gasteiger partial charge >= 0.3 is 0 Å². The lowest BCUT2D eigenvalue weighted by molar-refractivity contribution is -0.149. The van der Waals surface area contributed by atoms with Crippen LogP contribution in [0.3, 0.4) is 0 Å². The maximum atomic E-state index is 12.7. The summed E-state index contributed by atoms with van der Waals surface area (Å²) in [6.07, 6.45) is 0. The molecule has 1 N–H and O–H groups in total. The largest absolute Gasteiger partial charge is 0.276 e. The van der Waals surface area contributed by atoms with Crippen LogP contribution in [-0.4, -0.2) is 66.0 Å². The zero-order valence-corrected chi connectivity index (χ0v) is 17.1. The smallest absolute Gasteiger partial charge is 0.271 e. The van der Waals surface area contributed by atoms with Crippen molar-refractivity contribution in [1.29, 1.82) is 0 Å². The fourth-order valence-electron chi connectivity index (χ4n) is 5.02. The van der Waals surface area contributed by atoms with Gasteiger partial charge in [-0.15, -0.1) is 0 Å². The maximum absolute atomic E-state index is 12.7. The van der Waals surface area contributed by atoms with Gasteiger partial charge in [0.05, 0.1) is 31.1 Å². The average molecular weight is 390 g/mol. The summed E-state index contributed by atoms with van der Waals surface area (Å²) in [5.74, 6) is -0.166. The van der Waals surface area contributed by atoms with E-state index in [0.717, 1.165) is 56.5 Å². The molecule has 0 radical (unpaired) electrons. The van der Waals surface area contributed by atoms with E-state index in [4.69, 9.17) is 5.10 Å². The first kappa shape index (κ1) is 18.5. The van der Waals surface area contributed by atoms with Crippen LogP contribution in [0.25, 0.3) is 0 Å². The van der Waals surface area contributed by atoms with E-state index in [-0.39, 0.29) is 11.3 Å². The first-order chi connectivity index (χ1) is 14.0. The number of rotatable bonds is 4. The first-order valence-corrected chi connectivity index (χ1v) is 10.2. The number of aryl methyl sites for hydroxylation is 2. The number of hydrogen-bond acceptors (Lipinski definition) is 5. The summed E-state index contributed by atoms with van der Waals surface area (Å²) in [7, 11) is 0. The Bertz CT molecular complexity index is 913. The molecule has 6 heteroatoms. The van der Waals surface area contributed by atoms with Gasteiger partial charge in [0, 0.05) is 25.2 Å². The van der Waals surface area contributed by atoms with E-state index in [2.05, 4.69) is 51.3 Å². The van der Waals surface area contributed by atoms with Gasteiger partial charge in [0.1, 0.15) is 0 Å². The molecule has 4 aliphatic heterocycles. The molecule has 0 spiro atoms. The van der Waals surface area contributed by atoms with E-state index >= 15 is 0 Å². The average Bonchev–Trinajstić information content (AvgIpc) is 2.68. The molecule has 0 unspecified atom stereocenters. The van der Waals surface area contributed by atoms with Crippen LogP contribution in [0.2, 0.25) is 0 Å². The molecule has 1 amide bonds. The number of hydrogen-bond donors (Lipinski definition) is 1. The molecule has 6 rings (SSSR count). The minimum Gasteiger partial charge on any atom is -0.276 e. The van der Waals surface area contributed by atoms with Crippen molar-refractivity contribution >= 4 is 11.6 Å². The van der Waals surface area contributed by atoms with Crippen molar-refractivity contribution in [1.82, 2.24) is 20.1 Å². The summed E-state index contributed by atoms with van der Waals surface area (Å²) in [6.45, 7) is 10.1. The molecule has 0 aliphatic carbocycles. The van der Waals surface area contributed by atoms with Gasteiger partial charge in [0.2, 0.25) is 0 Å². The van der Waals surface area contributed by atoms with Crippen LogP contribution in [0, 0.1) is 19.3 Å². The van der Waals surface area contributed by atoms with Gasteiger partial charge in [-0.1, -0.05) is 47.5 Å². The Morgan fingerprint density at radius 3 is 1.72 bits per heavy atom. The van der Waals surface area contributed by atoms with Crippen molar-refractivity contribution in [3.8, 4) is 0 Å². The second-order valence-corrected chi connectivity index (χ2v) is 8.82. The minimum atomic E-state index is -0.166. The van der Waals surface area contributed by atoms with E-state index in [9.17, 15) is 4.79 Å². The highest BCUT2D eigenvalue weighted by molar-refractivity contribution is 6.06. The second kappa shape index (κ2) is 7.06. The SMILES string of the molecule is Cc1ccc(C(=O)N/N=C(/c2ccc(C)cc2)C23CN4CN(CN(C4)C2)C3)cc1. The number of nitrogens with one attached hydrogen (secondary N) is 1. The third-order valence-corrected chi connectivity index (χ3v) is 6.19.